The number of nitrogens with one attached hydrogen (secondary N) is 1. The summed E-state index contributed by atoms with van der Waals surface area (Å²) in [6, 6.07) is 1.27. The number of rotatable bonds is 4. The molecule has 1 N–H and O–H groups in total. The lowest BCUT2D eigenvalue weighted by Gasteiger charge is -2.47. The fraction of sp³-hybridized carbons (Fsp3) is 0.933. The molecule has 1 unspecified atom stereocenters. The van der Waals surface area contributed by atoms with Crippen LogP contribution in [0.2, 0.25) is 0 Å². The van der Waals surface area contributed by atoms with E-state index in [-0.39, 0.29) is 12.5 Å². The number of carbonyl (C=O) groups excluding carboxylic acids is 1. The molecular weight excluding hydrogens is 254 g/mol. The molecule has 0 radical (unpaired) electrons. The molecule has 0 spiro atoms. The molecule has 0 aromatic rings. The third kappa shape index (κ3) is 3.15. The van der Waals surface area contributed by atoms with Gasteiger partial charge in [-0.3, -0.25) is 4.79 Å². The molecule has 0 aromatic heterocycles. The molecule has 20 heavy (non-hydrogen) atoms. The number of amides is 1. The van der Waals surface area contributed by atoms with Crippen LogP contribution in [0.15, 0.2) is 0 Å². The summed E-state index contributed by atoms with van der Waals surface area (Å²) < 4.78 is 4.93. The second-order valence-electron chi connectivity index (χ2n) is 6.50. The predicted molar refractivity (Wildman–Crippen MR) is 77.6 cm³/mol. The van der Waals surface area contributed by atoms with Gasteiger partial charge in [0.05, 0.1) is 0 Å². The Hall–Kier alpha value is -0.650. The maximum atomic E-state index is 11.8. The Morgan fingerprint density at radius 3 is 2.40 bits per heavy atom. The first kappa shape index (κ1) is 14.3. The molecule has 114 valence electrons. The molecule has 4 saturated heterocycles. The van der Waals surface area contributed by atoms with E-state index in [0.29, 0.717) is 12.1 Å². The van der Waals surface area contributed by atoms with Gasteiger partial charge in [-0.25, -0.2) is 0 Å². The minimum Gasteiger partial charge on any atom is -0.375 e. The second kappa shape index (κ2) is 6.41. The van der Waals surface area contributed by atoms with Gasteiger partial charge in [-0.05, 0) is 44.7 Å². The maximum absolute atomic E-state index is 11.8. The van der Waals surface area contributed by atoms with E-state index in [1.54, 1.807) is 7.11 Å². The number of fused-ring (bicyclic) bond motifs is 3. The molecule has 4 heterocycles. The van der Waals surface area contributed by atoms with Gasteiger partial charge in [0.25, 0.3) is 0 Å². The van der Waals surface area contributed by atoms with Crippen LogP contribution in [0.5, 0.6) is 0 Å². The summed E-state index contributed by atoms with van der Waals surface area (Å²) in [5.74, 6) is 1.02. The number of piperidine rings is 4. The van der Waals surface area contributed by atoms with Gasteiger partial charge in [0.2, 0.25) is 5.91 Å². The Balaban J connectivity index is 1.43. The predicted octanol–water partition coefficient (Wildman–Crippen LogP) is 0.308. The molecule has 5 heteroatoms. The fourth-order valence-corrected chi connectivity index (χ4v) is 3.97. The molecule has 4 fully saturated rings. The van der Waals surface area contributed by atoms with Crippen molar-refractivity contribution in [1.29, 1.82) is 0 Å². The first-order valence-electron chi connectivity index (χ1n) is 8.01. The summed E-state index contributed by atoms with van der Waals surface area (Å²) in [5, 5.41) is 3.87. The number of hydrogen-bond acceptors (Lipinski definition) is 4. The van der Waals surface area contributed by atoms with E-state index in [2.05, 4.69) is 10.2 Å². The highest BCUT2D eigenvalue weighted by Gasteiger charge is 2.35. The molecule has 4 aliphatic heterocycles. The van der Waals surface area contributed by atoms with Crippen molar-refractivity contribution < 1.29 is 9.53 Å². The number of carbonyl (C=O) groups is 1. The average molecular weight is 281 g/mol. The number of ether oxygens (including phenoxy) is 1. The third-order valence-corrected chi connectivity index (χ3v) is 5.22. The quantitative estimate of drug-likeness (QED) is 0.805. The molecule has 0 saturated carbocycles. The first-order chi connectivity index (χ1) is 9.76. The summed E-state index contributed by atoms with van der Waals surface area (Å²) >= 11 is 0. The largest absolute Gasteiger partial charge is 0.375 e. The highest BCUT2D eigenvalue weighted by molar-refractivity contribution is 5.77. The minimum atomic E-state index is 0.133. The monoisotopic (exact) mass is 281 g/mol. The van der Waals surface area contributed by atoms with Gasteiger partial charge in [-0.1, -0.05) is 0 Å². The Labute approximate surface area is 121 Å². The standard InChI is InChI=1S/C15H27N3O2/c1-20-11-15(19)18-8-4-13(5-9-18)16-14-10-17-6-2-12(14)3-7-17/h12-14,16H,2-11H2,1H3. The van der Waals surface area contributed by atoms with Crippen molar-refractivity contribution in [3.05, 3.63) is 0 Å². The van der Waals surface area contributed by atoms with Crippen LogP contribution in [-0.4, -0.2) is 74.2 Å². The first-order valence-corrected chi connectivity index (χ1v) is 8.01. The zero-order valence-corrected chi connectivity index (χ0v) is 12.5. The number of nitrogens with zero attached hydrogens (tertiary/aromatic N) is 2. The van der Waals surface area contributed by atoms with Gasteiger partial charge >= 0.3 is 0 Å². The Kier molecular flexibility index (Phi) is 4.58. The van der Waals surface area contributed by atoms with Crippen molar-refractivity contribution in [2.24, 2.45) is 5.92 Å². The summed E-state index contributed by atoms with van der Waals surface area (Å²) in [6.45, 7) is 5.80. The SMILES string of the molecule is COCC(=O)N1CCC(NC2CN3CCC2CC3)CC1. The summed E-state index contributed by atoms with van der Waals surface area (Å²) in [4.78, 5) is 16.3. The van der Waals surface area contributed by atoms with E-state index < -0.39 is 0 Å². The topological polar surface area (TPSA) is 44.8 Å². The molecule has 1 amide bonds. The lowest BCUT2D eigenvalue weighted by atomic mass is 9.83. The molecule has 4 rings (SSSR count). The van der Waals surface area contributed by atoms with Crippen LogP contribution >= 0.6 is 0 Å². The Morgan fingerprint density at radius 1 is 1.15 bits per heavy atom. The Bertz CT molecular complexity index is 334. The normalized spacial score (nSPS) is 34.5. The van der Waals surface area contributed by atoms with Crippen molar-refractivity contribution >= 4 is 5.91 Å². The van der Waals surface area contributed by atoms with E-state index in [1.165, 1.54) is 32.5 Å². The Morgan fingerprint density at radius 2 is 1.85 bits per heavy atom. The lowest BCUT2D eigenvalue weighted by Crippen LogP contribution is -2.59. The van der Waals surface area contributed by atoms with Crippen LogP contribution in [0.4, 0.5) is 0 Å². The number of methoxy groups -OCH3 is 1. The van der Waals surface area contributed by atoms with Crippen LogP contribution in [0, 0.1) is 5.92 Å². The van der Waals surface area contributed by atoms with Crippen molar-refractivity contribution in [3.8, 4) is 0 Å². The smallest absolute Gasteiger partial charge is 0.248 e. The zero-order chi connectivity index (χ0) is 13.9. The van der Waals surface area contributed by atoms with Gasteiger partial charge < -0.3 is 19.9 Å². The van der Waals surface area contributed by atoms with Crippen LogP contribution in [-0.2, 0) is 9.53 Å². The van der Waals surface area contributed by atoms with Gasteiger partial charge in [-0.2, -0.15) is 0 Å². The van der Waals surface area contributed by atoms with Crippen LogP contribution in [0.1, 0.15) is 25.7 Å². The number of likely N-dealkylation sites (tertiary alicyclic amines) is 1. The third-order valence-electron chi connectivity index (χ3n) is 5.22. The van der Waals surface area contributed by atoms with Gasteiger partial charge in [0.1, 0.15) is 6.61 Å². The minimum absolute atomic E-state index is 0.133. The van der Waals surface area contributed by atoms with Crippen molar-refractivity contribution in [2.45, 2.75) is 37.8 Å². The highest BCUT2D eigenvalue weighted by Crippen LogP contribution is 2.28. The van der Waals surface area contributed by atoms with E-state index in [1.807, 2.05) is 4.90 Å². The van der Waals surface area contributed by atoms with Crippen molar-refractivity contribution in [2.75, 3.05) is 46.4 Å². The summed E-state index contributed by atoms with van der Waals surface area (Å²) in [5.41, 5.74) is 0. The second-order valence-corrected chi connectivity index (χ2v) is 6.50. The van der Waals surface area contributed by atoms with Crippen LogP contribution < -0.4 is 5.32 Å². The van der Waals surface area contributed by atoms with Gasteiger partial charge in [0.15, 0.2) is 0 Å². The van der Waals surface area contributed by atoms with Crippen LogP contribution in [0.3, 0.4) is 0 Å². The zero-order valence-electron chi connectivity index (χ0n) is 12.5. The molecule has 0 aliphatic carbocycles. The summed E-state index contributed by atoms with van der Waals surface area (Å²) in [6.07, 6.45) is 4.89. The van der Waals surface area contributed by atoms with E-state index in [9.17, 15) is 4.79 Å². The molecule has 1 atom stereocenters. The van der Waals surface area contributed by atoms with Crippen molar-refractivity contribution in [3.63, 3.8) is 0 Å². The highest BCUT2D eigenvalue weighted by atomic mass is 16.5. The van der Waals surface area contributed by atoms with E-state index in [0.717, 1.165) is 31.8 Å². The van der Waals surface area contributed by atoms with Crippen LogP contribution in [0.25, 0.3) is 0 Å². The van der Waals surface area contributed by atoms with Crippen molar-refractivity contribution in [1.82, 2.24) is 15.1 Å². The molecule has 5 nitrogen and oxygen atoms in total. The molecular formula is C15H27N3O2. The maximum Gasteiger partial charge on any atom is 0.248 e. The number of hydrogen-bond donors (Lipinski definition) is 1. The molecule has 2 bridgehead atoms. The molecule has 0 aromatic carbocycles. The summed E-state index contributed by atoms with van der Waals surface area (Å²) in [7, 11) is 1.58. The lowest BCUT2D eigenvalue weighted by molar-refractivity contribution is -0.136. The molecule has 4 aliphatic rings. The van der Waals surface area contributed by atoms with E-state index >= 15 is 0 Å². The van der Waals surface area contributed by atoms with E-state index in [4.69, 9.17) is 4.74 Å². The van der Waals surface area contributed by atoms with Gasteiger partial charge in [0, 0.05) is 38.8 Å². The fourth-order valence-electron chi connectivity index (χ4n) is 3.97. The van der Waals surface area contributed by atoms with Gasteiger partial charge in [-0.15, -0.1) is 0 Å². The average Bonchev–Trinajstić information content (AvgIpc) is 2.49.